The largest absolute Gasteiger partial charge is 0.324 e. The molecule has 1 N–H and O–H groups in total. The van der Waals surface area contributed by atoms with E-state index < -0.39 is 0 Å². The summed E-state index contributed by atoms with van der Waals surface area (Å²) in [4.78, 5) is 16.5. The molecule has 0 spiro atoms. The minimum Gasteiger partial charge on any atom is -0.324 e. The number of imidazole rings is 1. The zero-order valence-corrected chi connectivity index (χ0v) is 17.2. The Kier molecular flexibility index (Phi) is 5.74. The van der Waals surface area contributed by atoms with Gasteiger partial charge in [0.15, 0.2) is 4.77 Å². The number of pyridine rings is 1. The third-order valence-electron chi connectivity index (χ3n) is 4.46. The van der Waals surface area contributed by atoms with Gasteiger partial charge in [0.25, 0.3) is 0 Å². The van der Waals surface area contributed by atoms with Crippen molar-refractivity contribution >= 4 is 35.4 Å². The molecule has 0 aliphatic carbocycles. The summed E-state index contributed by atoms with van der Waals surface area (Å²) >= 11 is 11.7. The SMILES string of the molecule is O=C(Cn1cc(-c2ccc(F)cc2)n(-c2ccc(Cl)cc2)c1=S)Nc1ccncc1. The standard InChI is InChI=1S/C22H16ClFN4OS/c23-16-3-7-19(8-4-16)28-20(15-1-5-17(24)6-2-15)13-27(22(28)30)14-21(29)26-18-9-11-25-12-10-18/h1-13H,14H2,(H,25,26,29). The first-order valence-corrected chi connectivity index (χ1v) is 9.84. The van der Waals surface area contributed by atoms with Crippen molar-refractivity contribution in [2.75, 3.05) is 5.32 Å². The van der Waals surface area contributed by atoms with Gasteiger partial charge in [-0.15, -0.1) is 0 Å². The maximum Gasteiger partial charge on any atom is 0.244 e. The first-order valence-electron chi connectivity index (χ1n) is 9.05. The second kappa shape index (κ2) is 8.61. The van der Waals surface area contributed by atoms with Gasteiger partial charge in [0.2, 0.25) is 5.91 Å². The van der Waals surface area contributed by atoms with Crippen LogP contribution < -0.4 is 5.32 Å². The molecular weight excluding hydrogens is 423 g/mol. The molecule has 0 bridgehead atoms. The topological polar surface area (TPSA) is 51.9 Å². The second-order valence-electron chi connectivity index (χ2n) is 6.53. The molecule has 0 radical (unpaired) electrons. The summed E-state index contributed by atoms with van der Waals surface area (Å²) in [5.74, 6) is -0.553. The number of carbonyl (C=O) groups is 1. The molecule has 0 aliphatic rings. The molecule has 4 aromatic rings. The highest BCUT2D eigenvalue weighted by Gasteiger charge is 2.15. The van der Waals surface area contributed by atoms with E-state index in [2.05, 4.69) is 10.3 Å². The zero-order chi connectivity index (χ0) is 21.1. The number of amides is 1. The fraction of sp³-hybridized carbons (Fsp3) is 0.0455. The van der Waals surface area contributed by atoms with E-state index in [9.17, 15) is 9.18 Å². The zero-order valence-electron chi connectivity index (χ0n) is 15.6. The van der Waals surface area contributed by atoms with Gasteiger partial charge in [-0.3, -0.25) is 14.3 Å². The van der Waals surface area contributed by atoms with Crippen LogP contribution >= 0.6 is 23.8 Å². The van der Waals surface area contributed by atoms with Crippen molar-refractivity contribution in [3.05, 3.63) is 94.9 Å². The highest BCUT2D eigenvalue weighted by molar-refractivity contribution is 7.71. The molecule has 0 saturated carbocycles. The number of rotatable bonds is 5. The number of anilines is 1. The summed E-state index contributed by atoms with van der Waals surface area (Å²) in [7, 11) is 0. The molecule has 0 saturated heterocycles. The molecule has 8 heteroatoms. The van der Waals surface area contributed by atoms with E-state index in [1.54, 1.807) is 59.6 Å². The molecule has 5 nitrogen and oxygen atoms in total. The summed E-state index contributed by atoms with van der Waals surface area (Å²) in [6, 6.07) is 16.7. The Bertz CT molecular complexity index is 1240. The highest BCUT2D eigenvalue weighted by atomic mass is 35.5. The number of hydrogen-bond acceptors (Lipinski definition) is 3. The normalized spacial score (nSPS) is 10.7. The van der Waals surface area contributed by atoms with E-state index in [-0.39, 0.29) is 18.3 Å². The van der Waals surface area contributed by atoms with Gasteiger partial charge in [-0.05, 0) is 72.9 Å². The molecule has 0 atom stereocenters. The predicted molar refractivity (Wildman–Crippen MR) is 118 cm³/mol. The van der Waals surface area contributed by atoms with Crippen molar-refractivity contribution in [3.63, 3.8) is 0 Å². The van der Waals surface area contributed by atoms with Crippen LogP contribution in [0.2, 0.25) is 5.02 Å². The summed E-state index contributed by atoms with van der Waals surface area (Å²) in [6.07, 6.45) is 4.99. The number of aromatic nitrogens is 3. The van der Waals surface area contributed by atoms with Gasteiger partial charge >= 0.3 is 0 Å². The van der Waals surface area contributed by atoms with E-state index in [1.807, 2.05) is 16.7 Å². The summed E-state index contributed by atoms with van der Waals surface area (Å²) in [5, 5.41) is 3.42. The number of carbonyl (C=O) groups excluding carboxylic acids is 1. The van der Waals surface area contributed by atoms with Gasteiger partial charge in [0, 0.05) is 40.6 Å². The monoisotopic (exact) mass is 438 g/mol. The van der Waals surface area contributed by atoms with E-state index in [1.165, 1.54) is 12.1 Å². The number of nitrogens with zero attached hydrogens (tertiary/aromatic N) is 3. The van der Waals surface area contributed by atoms with Crippen LogP contribution in [0.3, 0.4) is 0 Å². The minimum atomic E-state index is -0.327. The first kappa shape index (κ1) is 20.0. The van der Waals surface area contributed by atoms with Crippen LogP contribution in [-0.4, -0.2) is 20.0 Å². The van der Waals surface area contributed by atoms with Crippen molar-refractivity contribution in [1.82, 2.24) is 14.1 Å². The van der Waals surface area contributed by atoms with Gasteiger partial charge in [-0.25, -0.2) is 4.39 Å². The summed E-state index contributed by atoms with van der Waals surface area (Å²) in [6.45, 7) is 0.0238. The quantitative estimate of drug-likeness (QED) is 0.418. The van der Waals surface area contributed by atoms with Crippen LogP contribution in [0.1, 0.15) is 0 Å². The van der Waals surface area contributed by atoms with Gasteiger partial charge < -0.3 is 9.88 Å². The Balaban J connectivity index is 1.74. The minimum absolute atomic E-state index is 0.0238. The second-order valence-corrected chi connectivity index (χ2v) is 7.33. The average molecular weight is 439 g/mol. The number of halogens is 2. The van der Waals surface area contributed by atoms with Crippen molar-refractivity contribution in [3.8, 4) is 16.9 Å². The predicted octanol–water partition coefficient (Wildman–Crippen LogP) is 5.50. The van der Waals surface area contributed by atoms with Gasteiger partial charge in [0.05, 0.1) is 5.69 Å². The number of hydrogen-bond donors (Lipinski definition) is 1. The maximum atomic E-state index is 13.4. The van der Waals surface area contributed by atoms with E-state index in [4.69, 9.17) is 23.8 Å². The van der Waals surface area contributed by atoms with E-state index in [0.29, 0.717) is 15.5 Å². The summed E-state index contributed by atoms with van der Waals surface area (Å²) in [5.41, 5.74) is 2.94. The van der Waals surface area contributed by atoms with Gasteiger partial charge in [0.1, 0.15) is 12.4 Å². The Labute approximate surface area is 182 Å². The van der Waals surface area contributed by atoms with Crippen molar-refractivity contribution in [1.29, 1.82) is 0 Å². The Morgan fingerprint density at radius 3 is 2.37 bits per heavy atom. The van der Waals surface area contributed by atoms with Crippen LogP contribution in [0.25, 0.3) is 16.9 Å². The molecule has 30 heavy (non-hydrogen) atoms. The lowest BCUT2D eigenvalue weighted by atomic mass is 10.1. The Morgan fingerprint density at radius 1 is 1.03 bits per heavy atom. The molecule has 150 valence electrons. The molecule has 0 fully saturated rings. The third-order valence-corrected chi connectivity index (χ3v) is 5.13. The number of benzene rings is 2. The number of nitrogens with one attached hydrogen (secondary N) is 1. The molecule has 2 aromatic carbocycles. The van der Waals surface area contributed by atoms with Crippen molar-refractivity contribution in [2.24, 2.45) is 0 Å². The van der Waals surface area contributed by atoms with E-state index >= 15 is 0 Å². The van der Waals surface area contributed by atoms with Crippen LogP contribution in [-0.2, 0) is 11.3 Å². The van der Waals surface area contributed by atoms with Crippen LogP contribution in [0.4, 0.5) is 10.1 Å². The molecule has 2 aromatic heterocycles. The highest BCUT2D eigenvalue weighted by Crippen LogP contribution is 2.26. The molecule has 2 heterocycles. The molecular formula is C22H16ClFN4OS. The average Bonchev–Trinajstić information content (AvgIpc) is 3.06. The summed E-state index contributed by atoms with van der Waals surface area (Å²) < 4.78 is 17.4. The van der Waals surface area contributed by atoms with Gasteiger partial charge in [-0.1, -0.05) is 11.6 Å². The fourth-order valence-corrected chi connectivity index (χ4v) is 3.51. The first-order chi connectivity index (χ1) is 14.5. The lowest BCUT2D eigenvalue weighted by Gasteiger charge is -2.09. The third kappa shape index (κ3) is 4.32. The molecule has 0 aliphatic heterocycles. The fourth-order valence-electron chi connectivity index (χ4n) is 3.06. The lowest BCUT2D eigenvalue weighted by molar-refractivity contribution is -0.116. The Hall–Kier alpha value is -3.29. The van der Waals surface area contributed by atoms with Crippen LogP contribution in [0.15, 0.2) is 79.3 Å². The van der Waals surface area contributed by atoms with Crippen molar-refractivity contribution < 1.29 is 9.18 Å². The van der Waals surface area contributed by atoms with Gasteiger partial charge in [-0.2, -0.15) is 0 Å². The van der Waals surface area contributed by atoms with Crippen LogP contribution in [0.5, 0.6) is 0 Å². The lowest BCUT2D eigenvalue weighted by Crippen LogP contribution is -2.18. The molecule has 0 unspecified atom stereocenters. The molecule has 4 rings (SSSR count). The molecule has 1 amide bonds. The van der Waals surface area contributed by atoms with E-state index in [0.717, 1.165) is 16.9 Å². The Morgan fingerprint density at radius 2 is 1.70 bits per heavy atom. The van der Waals surface area contributed by atoms with Crippen LogP contribution in [0, 0.1) is 10.6 Å². The maximum absolute atomic E-state index is 13.4. The van der Waals surface area contributed by atoms with Crippen molar-refractivity contribution in [2.45, 2.75) is 6.54 Å². The smallest absolute Gasteiger partial charge is 0.244 e.